The molecule has 1 aliphatic carbocycles. The summed E-state index contributed by atoms with van der Waals surface area (Å²) >= 11 is 0. The molecule has 0 aliphatic heterocycles. The molecule has 0 saturated heterocycles. The Hall–Kier alpha value is -3.02. The molecule has 36 heavy (non-hydrogen) atoms. The zero-order chi connectivity index (χ0) is 25.9. The van der Waals surface area contributed by atoms with E-state index in [0.717, 1.165) is 50.0 Å². The van der Waals surface area contributed by atoms with Gasteiger partial charge in [0.25, 0.3) is 11.8 Å². The van der Waals surface area contributed by atoms with Crippen molar-refractivity contribution in [2.24, 2.45) is 11.8 Å². The number of carbonyl (C=O) groups is 2. The van der Waals surface area contributed by atoms with Crippen molar-refractivity contribution in [1.29, 1.82) is 0 Å². The second-order valence-electron chi connectivity index (χ2n) is 10.6. The third-order valence-electron chi connectivity index (χ3n) is 6.56. The van der Waals surface area contributed by atoms with Crippen molar-refractivity contribution >= 4 is 11.8 Å². The van der Waals surface area contributed by atoms with Crippen molar-refractivity contribution in [2.45, 2.75) is 78.3 Å². The van der Waals surface area contributed by atoms with E-state index in [1.54, 1.807) is 24.3 Å². The van der Waals surface area contributed by atoms with Gasteiger partial charge < -0.3 is 20.1 Å². The number of amides is 2. The van der Waals surface area contributed by atoms with Crippen molar-refractivity contribution in [2.75, 3.05) is 13.2 Å². The summed E-state index contributed by atoms with van der Waals surface area (Å²) in [5.74, 6) is 2.46. The van der Waals surface area contributed by atoms with Crippen LogP contribution in [0.5, 0.6) is 11.5 Å². The lowest BCUT2D eigenvalue weighted by Gasteiger charge is -2.33. The lowest BCUT2D eigenvalue weighted by atomic mass is 9.89. The summed E-state index contributed by atoms with van der Waals surface area (Å²) in [4.78, 5) is 25.8. The average Bonchev–Trinajstić information content (AvgIpc) is 2.85. The quantitative estimate of drug-likeness (QED) is 0.379. The third-order valence-corrected chi connectivity index (χ3v) is 6.56. The fourth-order valence-electron chi connectivity index (χ4n) is 4.21. The number of carbonyl (C=O) groups excluding carboxylic acids is 2. The monoisotopic (exact) mass is 494 g/mol. The molecule has 1 saturated carbocycles. The van der Waals surface area contributed by atoms with Gasteiger partial charge in [0.2, 0.25) is 0 Å². The molecule has 2 amide bonds. The molecule has 2 atom stereocenters. The minimum Gasteiger partial charge on any atom is -0.494 e. The van der Waals surface area contributed by atoms with Gasteiger partial charge in [-0.25, -0.2) is 0 Å². The van der Waals surface area contributed by atoms with Crippen LogP contribution in [0.3, 0.4) is 0 Å². The molecule has 0 radical (unpaired) electrons. The van der Waals surface area contributed by atoms with Crippen molar-refractivity contribution in [3.05, 3.63) is 59.7 Å². The molecule has 0 aromatic heterocycles. The van der Waals surface area contributed by atoms with Crippen molar-refractivity contribution in [3.8, 4) is 11.5 Å². The number of benzene rings is 2. The third kappa shape index (κ3) is 8.89. The minimum atomic E-state index is -0.127. The first-order chi connectivity index (χ1) is 17.3. The van der Waals surface area contributed by atoms with Crippen molar-refractivity contribution in [3.63, 3.8) is 0 Å². The zero-order valence-electron chi connectivity index (χ0n) is 22.2. The number of hydrogen-bond acceptors (Lipinski definition) is 4. The molecule has 3 rings (SSSR count). The Bertz CT molecular complexity index is 874. The highest BCUT2D eigenvalue weighted by Gasteiger charge is 2.28. The van der Waals surface area contributed by atoms with E-state index in [0.29, 0.717) is 36.2 Å². The van der Waals surface area contributed by atoms with Crippen LogP contribution in [-0.4, -0.2) is 37.1 Å². The van der Waals surface area contributed by atoms with Crippen LogP contribution in [0.1, 0.15) is 86.9 Å². The van der Waals surface area contributed by atoms with Gasteiger partial charge in [-0.05, 0) is 86.1 Å². The molecule has 196 valence electrons. The lowest BCUT2D eigenvalue weighted by molar-refractivity contribution is 0.0862. The highest BCUT2D eigenvalue weighted by atomic mass is 16.5. The zero-order valence-corrected chi connectivity index (χ0v) is 22.2. The lowest BCUT2D eigenvalue weighted by Crippen LogP contribution is -2.53. The largest absolute Gasteiger partial charge is 0.494 e. The van der Waals surface area contributed by atoms with Gasteiger partial charge in [-0.2, -0.15) is 0 Å². The summed E-state index contributed by atoms with van der Waals surface area (Å²) < 4.78 is 11.5. The van der Waals surface area contributed by atoms with Gasteiger partial charge in [0.1, 0.15) is 11.5 Å². The number of ether oxygens (including phenoxy) is 2. The SMILES string of the molecule is CC(C)CCOc1ccc(C(=O)NC2CCCCC2NC(=O)c2ccc(OCCC(C)C)cc2)cc1. The molecule has 2 unspecified atom stereocenters. The van der Waals surface area contributed by atoms with Crippen LogP contribution in [0, 0.1) is 11.8 Å². The summed E-state index contributed by atoms with van der Waals surface area (Å²) in [5, 5.41) is 6.29. The normalized spacial score (nSPS) is 17.6. The molecule has 1 fully saturated rings. The molecular formula is C30H42N2O4. The van der Waals surface area contributed by atoms with Gasteiger partial charge in [-0.1, -0.05) is 40.5 Å². The molecule has 6 heteroatoms. The first-order valence-corrected chi connectivity index (χ1v) is 13.4. The standard InChI is InChI=1S/C30H42N2O4/c1-21(2)17-19-35-25-13-9-23(10-14-25)29(33)31-27-7-5-6-8-28(27)32-30(34)24-11-15-26(16-12-24)36-20-18-22(3)4/h9-16,21-22,27-28H,5-8,17-20H2,1-4H3,(H,31,33)(H,32,34). The maximum atomic E-state index is 12.9. The van der Waals surface area contributed by atoms with Crippen LogP contribution >= 0.6 is 0 Å². The van der Waals surface area contributed by atoms with Crippen LogP contribution < -0.4 is 20.1 Å². The molecule has 2 N–H and O–H groups in total. The summed E-state index contributed by atoms with van der Waals surface area (Å²) in [6.45, 7) is 9.99. The second-order valence-corrected chi connectivity index (χ2v) is 10.6. The first kappa shape index (κ1) is 27.6. The average molecular weight is 495 g/mol. The molecule has 6 nitrogen and oxygen atoms in total. The maximum Gasteiger partial charge on any atom is 0.251 e. The predicted molar refractivity (Wildman–Crippen MR) is 144 cm³/mol. The summed E-state index contributed by atoms with van der Waals surface area (Å²) in [7, 11) is 0. The van der Waals surface area contributed by atoms with E-state index < -0.39 is 0 Å². The van der Waals surface area contributed by atoms with Crippen molar-refractivity contribution in [1.82, 2.24) is 10.6 Å². The van der Waals surface area contributed by atoms with Crippen LogP contribution in [0.4, 0.5) is 0 Å². The van der Waals surface area contributed by atoms with Crippen LogP contribution in [-0.2, 0) is 0 Å². The van der Waals surface area contributed by atoms with E-state index in [1.807, 2.05) is 24.3 Å². The number of nitrogens with one attached hydrogen (secondary N) is 2. The second kappa shape index (κ2) is 13.9. The van der Waals surface area contributed by atoms with Gasteiger partial charge in [-0.3, -0.25) is 9.59 Å². The van der Waals surface area contributed by atoms with Gasteiger partial charge in [0, 0.05) is 23.2 Å². The first-order valence-electron chi connectivity index (χ1n) is 13.4. The Labute approximate surface area is 216 Å². The summed E-state index contributed by atoms with van der Waals surface area (Å²) in [5.41, 5.74) is 1.19. The minimum absolute atomic E-state index is 0.101. The topological polar surface area (TPSA) is 76.7 Å². The van der Waals surface area contributed by atoms with E-state index >= 15 is 0 Å². The van der Waals surface area contributed by atoms with Crippen LogP contribution in [0.15, 0.2) is 48.5 Å². The van der Waals surface area contributed by atoms with E-state index in [-0.39, 0.29) is 23.9 Å². The predicted octanol–water partition coefficient (Wildman–Crippen LogP) is 6.01. The maximum absolute atomic E-state index is 12.9. The fourth-order valence-corrected chi connectivity index (χ4v) is 4.21. The van der Waals surface area contributed by atoms with Gasteiger partial charge in [0.05, 0.1) is 13.2 Å². The Morgan fingerprint density at radius 3 is 1.39 bits per heavy atom. The van der Waals surface area contributed by atoms with E-state index in [1.165, 1.54) is 0 Å². The molecule has 0 spiro atoms. The van der Waals surface area contributed by atoms with Crippen LogP contribution in [0.25, 0.3) is 0 Å². The molecule has 0 bridgehead atoms. The highest BCUT2D eigenvalue weighted by molar-refractivity contribution is 5.95. The molecular weight excluding hydrogens is 452 g/mol. The van der Waals surface area contributed by atoms with Gasteiger partial charge >= 0.3 is 0 Å². The highest BCUT2D eigenvalue weighted by Crippen LogP contribution is 2.21. The van der Waals surface area contributed by atoms with Gasteiger partial charge in [-0.15, -0.1) is 0 Å². The summed E-state index contributed by atoms with van der Waals surface area (Å²) in [6.07, 6.45) is 5.73. The fraction of sp³-hybridized carbons (Fsp3) is 0.533. The van der Waals surface area contributed by atoms with Gasteiger partial charge in [0.15, 0.2) is 0 Å². The summed E-state index contributed by atoms with van der Waals surface area (Å²) in [6, 6.07) is 14.3. The molecule has 2 aromatic rings. The van der Waals surface area contributed by atoms with E-state index in [9.17, 15) is 9.59 Å². The molecule has 1 aliphatic rings. The molecule has 0 heterocycles. The Morgan fingerprint density at radius 1 is 0.694 bits per heavy atom. The Morgan fingerprint density at radius 2 is 1.06 bits per heavy atom. The van der Waals surface area contributed by atoms with E-state index in [4.69, 9.17) is 9.47 Å². The number of rotatable bonds is 12. The van der Waals surface area contributed by atoms with Crippen molar-refractivity contribution < 1.29 is 19.1 Å². The number of hydrogen-bond donors (Lipinski definition) is 2. The smallest absolute Gasteiger partial charge is 0.251 e. The van der Waals surface area contributed by atoms with Crippen LogP contribution in [0.2, 0.25) is 0 Å². The molecule has 2 aromatic carbocycles. The Balaban J connectivity index is 1.52. The van der Waals surface area contributed by atoms with E-state index in [2.05, 4.69) is 38.3 Å². The Kier molecular flexibility index (Phi) is 10.6.